The highest BCUT2D eigenvalue weighted by Gasteiger charge is 2.26. The molecule has 80 valence electrons. The van der Waals surface area contributed by atoms with Crippen LogP contribution in [0.15, 0.2) is 42.5 Å². The molecule has 16 heavy (non-hydrogen) atoms. The van der Waals surface area contributed by atoms with Gasteiger partial charge in [-0.25, -0.2) is 0 Å². The molecular formula is C14H13NO. The smallest absolute Gasteiger partial charge is 0.169 e. The van der Waals surface area contributed by atoms with Gasteiger partial charge in [0, 0.05) is 24.6 Å². The van der Waals surface area contributed by atoms with E-state index in [0.29, 0.717) is 0 Å². The van der Waals surface area contributed by atoms with E-state index in [4.69, 9.17) is 0 Å². The summed E-state index contributed by atoms with van der Waals surface area (Å²) in [6.45, 7) is 1.64. The number of rotatable bonds is 2. The summed E-state index contributed by atoms with van der Waals surface area (Å²) in [5.74, 6) is 0.446. The standard InChI is InChI=1S/C14H13NO/c16-14(11-8-15-9-11)13-7-3-5-10-4-1-2-6-12(10)13/h1-7,11,15H,8-9H2. The Labute approximate surface area is 94.3 Å². The summed E-state index contributed by atoms with van der Waals surface area (Å²) in [7, 11) is 0. The zero-order chi connectivity index (χ0) is 11.0. The monoisotopic (exact) mass is 211 g/mol. The molecule has 1 aliphatic rings. The van der Waals surface area contributed by atoms with Crippen LogP contribution in [0.5, 0.6) is 0 Å². The van der Waals surface area contributed by atoms with Crippen molar-refractivity contribution < 1.29 is 4.79 Å². The minimum absolute atomic E-state index is 0.172. The van der Waals surface area contributed by atoms with E-state index in [-0.39, 0.29) is 11.7 Å². The molecule has 0 amide bonds. The molecule has 3 rings (SSSR count). The van der Waals surface area contributed by atoms with Gasteiger partial charge in [-0.1, -0.05) is 42.5 Å². The van der Waals surface area contributed by atoms with Crippen LogP contribution in [-0.2, 0) is 0 Å². The van der Waals surface area contributed by atoms with Crippen LogP contribution in [0.25, 0.3) is 10.8 Å². The topological polar surface area (TPSA) is 29.1 Å². The molecule has 0 unspecified atom stereocenters. The average Bonchev–Trinajstić information content (AvgIpc) is 2.26. The van der Waals surface area contributed by atoms with Gasteiger partial charge in [0.25, 0.3) is 0 Å². The number of nitrogens with one attached hydrogen (secondary N) is 1. The molecule has 0 atom stereocenters. The maximum absolute atomic E-state index is 12.2. The molecular weight excluding hydrogens is 198 g/mol. The molecule has 0 bridgehead atoms. The SMILES string of the molecule is O=C(c1cccc2ccccc12)C1CNC1. The fourth-order valence-electron chi connectivity index (χ4n) is 2.13. The first-order chi connectivity index (χ1) is 7.86. The molecule has 0 saturated carbocycles. The van der Waals surface area contributed by atoms with Crippen LogP contribution in [-0.4, -0.2) is 18.9 Å². The second kappa shape index (κ2) is 3.72. The van der Waals surface area contributed by atoms with E-state index >= 15 is 0 Å². The van der Waals surface area contributed by atoms with Gasteiger partial charge < -0.3 is 5.32 Å². The van der Waals surface area contributed by atoms with E-state index in [0.717, 1.165) is 29.4 Å². The molecule has 0 spiro atoms. The van der Waals surface area contributed by atoms with E-state index in [1.807, 2.05) is 42.5 Å². The average molecular weight is 211 g/mol. The van der Waals surface area contributed by atoms with Crippen molar-refractivity contribution in [3.63, 3.8) is 0 Å². The van der Waals surface area contributed by atoms with Crippen molar-refractivity contribution in [2.45, 2.75) is 0 Å². The van der Waals surface area contributed by atoms with E-state index in [1.165, 1.54) is 0 Å². The second-order valence-corrected chi connectivity index (χ2v) is 4.25. The molecule has 2 heteroatoms. The highest BCUT2D eigenvalue weighted by Crippen LogP contribution is 2.22. The van der Waals surface area contributed by atoms with Gasteiger partial charge in [-0.2, -0.15) is 0 Å². The van der Waals surface area contributed by atoms with Crippen molar-refractivity contribution in [1.82, 2.24) is 5.32 Å². The summed E-state index contributed by atoms with van der Waals surface area (Å²) in [4.78, 5) is 12.2. The minimum atomic E-state index is 0.172. The Hall–Kier alpha value is -1.67. The normalized spacial score (nSPS) is 16.0. The third-order valence-corrected chi connectivity index (χ3v) is 3.21. The van der Waals surface area contributed by atoms with Crippen LogP contribution in [0.1, 0.15) is 10.4 Å². The summed E-state index contributed by atoms with van der Waals surface area (Å²) in [5.41, 5.74) is 0.865. The Bertz CT molecular complexity index is 538. The Morgan fingerprint density at radius 1 is 1.06 bits per heavy atom. The van der Waals surface area contributed by atoms with Gasteiger partial charge in [-0.3, -0.25) is 4.79 Å². The number of hydrogen-bond acceptors (Lipinski definition) is 2. The van der Waals surface area contributed by atoms with Gasteiger partial charge in [-0.05, 0) is 10.8 Å². The lowest BCUT2D eigenvalue weighted by Crippen LogP contribution is -2.46. The molecule has 1 heterocycles. The number of carbonyl (C=O) groups is 1. The van der Waals surface area contributed by atoms with E-state index in [9.17, 15) is 4.79 Å². The van der Waals surface area contributed by atoms with Gasteiger partial charge >= 0.3 is 0 Å². The Balaban J connectivity index is 2.12. The summed E-state index contributed by atoms with van der Waals surface area (Å²) in [6, 6.07) is 14.0. The summed E-state index contributed by atoms with van der Waals surface area (Å²) in [5, 5.41) is 5.35. The lowest BCUT2D eigenvalue weighted by Gasteiger charge is -2.26. The molecule has 1 saturated heterocycles. The molecule has 1 N–H and O–H groups in total. The fraction of sp³-hybridized carbons (Fsp3) is 0.214. The van der Waals surface area contributed by atoms with Gasteiger partial charge in [0.2, 0.25) is 0 Å². The summed E-state index contributed by atoms with van der Waals surface area (Å²) >= 11 is 0. The fourth-order valence-corrected chi connectivity index (χ4v) is 2.13. The molecule has 2 aromatic rings. The quantitative estimate of drug-likeness (QED) is 0.772. The molecule has 1 fully saturated rings. The highest BCUT2D eigenvalue weighted by molar-refractivity contribution is 6.09. The summed E-state index contributed by atoms with van der Waals surface area (Å²) < 4.78 is 0. The Kier molecular flexibility index (Phi) is 2.22. The molecule has 0 aromatic heterocycles. The van der Waals surface area contributed by atoms with Crippen molar-refractivity contribution in [2.24, 2.45) is 5.92 Å². The number of fused-ring (bicyclic) bond motifs is 1. The summed E-state index contributed by atoms with van der Waals surface area (Å²) in [6.07, 6.45) is 0. The lowest BCUT2D eigenvalue weighted by molar-refractivity contribution is 0.0880. The lowest BCUT2D eigenvalue weighted by atomic mass is 9.90. The van der Waals surface area contributed by atoms with Crippen LogP contribution in [0, 0.1) is 5.92 Å². The predicted octanol–water partition coefficient (Wildman–Crippen LogP) is 2.24. The van der Waals surface area contributed by atoms with Crippen molar-refractivity contribution in [3.8, 4) is 0 Å². The van der Waals surface area contributed by atoms with Gasteiger partial charge in [0.1, 0.15) is 0 Å². The first-order valence-corrected chi connectivity index (χ1v) is 5.59. The van der Waals surface area contributed by atoms with Crippen molar-refractivity contribution in [3.05, 3.63) is 48.0 Å². The first-order valence-electron chi connectivity index (χ1n) is 5.59. The van der Waals surface area contributed by atoms with Crippen molar-refractivity contribution in [2.75, 3.05) is 13.1 Å². The highest BCUT2D eigenvalue weighted by atomic mass is 16.1. The van der Waals surface area contributed by atoms with Gasteiger partial charge in [0.15, 0.2) is 5.78 Å². The van der Waals surface area contributed by atoms with E-state index in [2.05, 4.69) is 5.32 Å². The molecule has 0 radical (unpaired) electrons. The number of Topliss-reactive ketones (excluding diaryl/α,β-unsaturated/α-hetero) is 1. The maximum atomic E-state index is 12.2. The largest absolute Gasteiger partial charge is 0.315 e. The van der Waals surface area contributed by atoms with Gasteiger partial charge in [-0.15, -0.1) is 0 Å². The van der Waals surface area contributed by atoms with E-state index < -0.39 is 0 Å². The zero-order valence-corrected chi connectivity index (χ0v) is 8.94. The molecule has 2 nitrogen and oxygen atoms in total. The minimum Gasteiger partial charge on any atom is -0.315 e. The number of hydrogen-bond donors (Lipinski definition) is 1. The molecule has 0 aliphatic carbocycles. The molecule has 2 aromatic carbocycles. The van der Waals surface area contributed by atoms with Crippen LogP contribution in [0.4, 0.5) is 0 Å². The predicted molar refractivity (Wildman–Crippen MR) is 64.6 cm³/mol. The van der Waals surface area contributed by atoms with Crippen molar-refractivity contribution in [1.29, 1.82) is 0 Å². The number of carbonyl (C=O) groups excluding carboxylic acids is 1. The zero-order valence-electron chi connectivity index (χ0n) is 8.94. The van der Waals surface area contributed by atoms with Crippen LogP contribution >= 0.6 is 0 Å². The van der Waals surface area contributed by atoms with E-state index in [1.54, 1.807) is 0 Å². The van der Waals surface area contributed by atoms with Crippen LogP contribution < -0.4 is 5.32 Å². The third kappa shape index (κ3) is 1.42. The van der Waals surface area contributed by atoms with Crippen molar-refractivity contribution >= 4 is 16.6 Å². The Morgan fingerprint density at radius 3 is 2.56 bits per heavy atom. The number of ketones is 1. The third-order valence-electron chi connectivity index (χ3n) is 3.21. The van der Waals surface area contributed by atoms with Crippen LogP contribution in [0.3, 0.4) is 0 Å². The Morgan fingerprint density at radius 2 is 1.81 bits per heavy atom. The second-order valence-electron chi connectivity index (χ2n) is 4.25. The molecule has 1 aliphatic heterocycles. The number of benzene rings is 2. The van der Waals surface area contributed by atoms with Crippen LogP contribution in [0.2, 0.25) is 0 Å². The van der Waals surface area contributed by atoms with Gasteiger partial charge in [0.05, 0.1) is 0 Å². The maximum Gasteiger partial charge on any atom is 0.169 e. The first kappa shape index (κ1) is 9.55.